The first-order chi connectivity index (χ1) is 13.6. The Hall–Kier alpha value is -3.70. The number of alkyl halides is 3. The van der Waals surface area contributed by atoms with Crippen LogP contribution in [0.5, 0.6) is 0 Å². The molecule has 0 unspecified atom stereocenters. The first kappa shape index (κ1) is 21.6. The van der Waals surface area contributed by atoms with E-state index in [-0.39, 0.29) is 36.4 Å². The topological polar surface area (TPSA) is 127 Å². The largest absolute Gasteiger partial charge is 0.416 e. The van der Waals surface area contributed by atoms with Crippen molar-refractivity contribution in [2.24, 2.45) is 0 Å². The van der Waals surface area contributed by atoms with E-state index in [0.29, 0.717) is 12.1 Å². The molecular weight excluding hydrogens is 397 g/mol. The molecule has 0 spiro atoms. The summed E-state index contributed by atoms with van der Waals surface area (Å²) in [6.45, 7) is -0.00747. The van der Waals surface area contributed by atoms with Gasteiger partial charge < -0.3 is 10.6 Å². The summed E-state index contributed by atoms with van der Waals surface area (Å²) in [6.07, 6.45) is -4.95. The van der Waals surface area contributed by atoms with Gasteiger partial charge in [-0.25, -0.2) is 0 Å². The van der Waals surface area contributed by atoms with Crippen LogP contribution in [0, 0.1) is 20.2 Å². The molecule has 1 amide bonds. The van der Waals surface area contributed by atoms with Crippen LogP contribution in [0.4, 0.5) is 30.2 Å². The highest BCUT2D eigenvalue weighted by Crippen LogP contribution is 2.34. The molecule has 0 aliphatic rings. The fourth-order valence-corrected chi connectivity index (χ4v) is 2.48. The molecule has 2 rings (SSSR count). The first-order valence-corrected chi connectivity index (χ1v) is 8.18. The van der Waals surface area contributed by atoms with Crippen molar-refractivity contribution >= 4 is 23.0 Å². The van der Waals surface area contributed by atoms with Crippen molar-refractivity contribution in [2.75, 3.05) is 18.4 Å². The number of hydrogen-bond acceptors (Lipinski definition) is 6. The van der Waals surface area contributed by atoms with E-state index in [0.717, 1.165) is 6.07 Å². The molecular formula is C17H15F3N4O5. The zero-order valence-corrected chi connectivity index (χ0v) is 14.7. The molecule has 2 aromatic carbocycles. The number of carbonyl (C=O) groups excluding carboxylic acids is 1. The highest BCUT2D eigenvalue weighted by molar-refractivity contribution is 5.79. The molecule has 0 atom stereocenters. The fraction of sp³-hybridized carbons (Fsp3) is 0.235. The average molecular weight is 412 g/mol. The lowest BCUT2D eigenvalue weighted by Gasteiger charge is -2.11. The van der Waals surface area contributed by atoms with Gasteiger partial charge in [-0.05, 0) is 12.1 Å². The van der Waals surface area contributed by atoms with Gasteiger partial charge in [-0.3, -0.25) is 25.0 Å². The second-order valence-corrected chi connectivity index (χ2v) is 5.83. The summed E-state index contributed by atoms with van der Waals surface area (Å²) in [7, 11) is 0. The Morgan fingerprint density at radius 3 is 2.24 bits per heavy atom. The van der Waals surface area contributed by atoms with E-state index < -0.39 is 33.2 Å². The lowest BCUT2D eigenvalue weighted by atomic mass is 10.1. The number of anilines is 1. The number of halogens is 3. The number of amides is 1. The van der Waals surface area contributed by atoms with E-state index in [9.17, 15) is 38.2 Å². The fourth-order valence-electron chi connectivity index (χ4n) is 2.48. The minimum atomic E-state index is -4.71. The number of nitro groups is 2. The SMILES string of the molecule is O=C(Cc1ccccc1[N+](=O)[O-])NCCNc1ccc(C(F)(F)F)cc1[N+](=O)[O-]. The van der Waals surface area contributed by atoms with Crippen LogP contribution in [0.15, 0.2) is 42.5 Å². The minimum absolute atomic E-state index is 0.00234. The van der Waals surface area contributed by atoms with Crippen LogP contribution in [-0.2, 0) is 17.4 Å². The number of nitrogens with zero attached hydrogens (tertiary/aromatic N) is 2. The summed E-state index contributed by atoms with van der Waals surface area (Å²) in [6, 6.07) is 7.82. The summed E-state index contributed by atoms with van der Waals surface area (Å²) in [5.74, 6) is -0.511. The molecule has 29 heavy (non-hydrogen) atoms. The number of carbonyl (C=O) groups is 1. The van der Waals surface area contributed by atoms with Crippen molar-refractivity contribution in [3.8, 4) is 0 Å². The van der Waals surface area contributed by atoms with E-state index in [2.05, 4.69) is 10.6 Å². The van der Waals surface area contributed by atoms with Crippen molar-refractivity contribution in [3.05, 3.63) is 73.8 Å². The van der Waals surface area contributed by atoms with Crippen molar-refractivity contribution in [1.29, 1.82) is 0 Å². The first-order valence-electron chi connectivity index (χ1n) is 8.18. The van der Waals surface area contributed by atoms with Crippen molar-refractivity contribution in [3.63, 3.8) is 0 Å². The van der Waals surface area contributed by atoms with E-state index in [4.69, 9.17) is 0 Å². The second-order valence-electron chi connectivity index (χ2n) is 5.83. The van der Waals surface area contributed by atoms with Crippen LogP contribution in [0.2, 0.25) is 0 Å². The molecule has 154 valence electrons. The number of para-hydroxylation sites is 1. The zero-order valence-electron chi connectivity index (χ0n) is 14.7. The summed E-state index contributed by atoms with van der Waals surface area (Å²) in [5.41, 5.74) is -1.99. The van der Waals surface area contributed by atoms with E-state index in [1.54, 1.807) is 6.07 Å². The Kier molecular flexibility index (Phi) is 6.70. The Morgan fingerprint density at radius 2 is 1.62 bits per heavy atom. The number of nitro benzene ring substituents is 2. The summed E-state index contributed by atoms with van der Waals surface area (Å²) in [5, 5.41) is 27.0. The quantitative estimate of drug-likeness (QED) is 0.389. The van der Waals surface area contributed by atoms with Crippen LogP contribution in [0.3, 0.4) is 0 Å². The molecule has 9 nitrogen and oxygen atoms in total. The maximum Gasteiger partial charge on any atom is 0.416 e. The average Bonchev–Trinajstić information content (AvgIpc) is 2.64. The maximum atomic E-state index is 12.7. The van der Waals surface area contributed by atoms with Crippen LogP contribution >= 0.6 is 0 Å². The van der Waals surface area contributed by atoms with Crippen molar-refractivity contribution in [2.45, 2.75) is 12.6 Å². The molecule has 2 aromatic rings. The predicted molar refractivity (Wildman–Crippen MR) is 96.4 cm³/mol. The summed E-state index contributed by atoms with van der Waals surface area (Å²) < 4.78 is 38.0. The van der Waals surface area contributed by atoms with E-state index in [1.165, 1.54) is 18.2 Å². The van der Waals surface area contributed by atoms with Gasteiger partial charge in [0.25, 0.3) is 11.4 Å². The zero-order chi connectivity index (χ0) is 21.6. The highest BCUT2D eigenvalue weighted by atomic mass is 19.4. The second kappa shape index (κ2) is 8.99. The third-order valence-corrected chi connectivity index (χ3v) is 3.82. The Bertz CT molecular complexity index is 934. The molecule has 12 heteroatoms. The Labute approximate surface area is 161 Å². The van der Waals surface area contributed by atoms with Crippen molar-refractivity contribution in [1.82, 2.24) is 5.32 Å². The molecule has 0 fully saturated rings. The van der Waals surface area contributed by atoms with Gasteiger partial charge in [0.05, 0.1) is 21.8 Å². The smallest absolute Gasteiger partial charge is 0.378 e. The van der Waals surface area contributed by atoms with Gasteiger partial charge in [-0.15, -0.1) is 0 Å². The highest BCUT2D eigenvalue weighted by Gasteiger charge is 2.33. The van der Waals surface area contributed by atoms with Crippen molar-refractivity contribution < 1.29 is 27.8 Å². The van der Waals surface area contributed by atoms with Gasteiger partial charge in [0.2, 0.25) is 5.91 Å². The van der Waals surface area contributed by atoms with Crippen LogP contribution < -0.4 is 10.6 Å². The Morgan fingerprint density at radius 1 is 0.966 bits per heavy atom. The van der Waals surface area contributed by atoms with Gasteiger partial charge in [0, 0.05) is 30.8 Å². The van der Waals surface area contributed by atoms with Gasteiger partial charge >= 0.3 is 6.18 Å². The number of benzene rings is 2. The summed E-state index contributed by atoms with van der Waals surface area (Å²) >= 11 is 0. The number of rotatable bonds is 8. The van der Waals surface area contributed by atoms with Crippen LogP contribution in [0.1, 0.15) is 11.1 Å². The molecule has 0 saturated carbocycles. The molecule has 0 aromatic heterocycles. The molecule has 0 bridgehead atoms. The van der Waals surface area contributed by atoms with Gasteiger partial charge in [-0.2, -0.15) is 13.2 Å². The predicted octanol–water partition coefficient (Wildman–Crippen LogP) is 3.29. The van der Waals surface area contributed by atoms with Crippen LogP contribution in [-0.4, -0.2) is 28.8 Å². The third kappa shape index (κ3) is 5.89. The molecule has 0 heterocycles. The van der Waals surface area contributed by atoms with Gasteiger partial charge in [0.15, 0.2) is 0 Å². The molecule has 0 saturated heterocycles. The number of nitrogens with one attached hydrogen (secondary N) is 2. The number of hydrogen-bond donors (Lipinski definition) is 2. The molecule has 2 N–H and O–H groups in total. The lowest BCUT2D eigenvalue weighted by molar-refractivity contribution is -0.385. The normalized spacial score (nSPS) is 11.0. The standard InChI is InChI=1S/C17H15F3N4O5/c18-17(19,20)12-5-6-13(15(10-12)24(28)29)21-7-8-22-16(25)9-11-3-1-2-4-14(11)23(26)27/h1-6,10,21H,7-9H2,(H,22,25). The van der Waals surface area contributed by atoms with Gasteiger partial charge in [0.1, 0.15) is 5.69 Å². The van der Waals surface area contributed by atoms with Crippen LogP contribution in [0.25, 0.3) is 0 Å². The monoisotopic (exact) mass is 412 g/mol. The lowest BCUT2D eigenvalue weighted by Crippen LogP contribution is -2.30. The minimum Gasteiger partial charge on any atom is -0.378 e. The molecule has 0 radical (unpaired) electrons. The third-order valence-electron chi connectivity index (χ3n) is 3.82. The summed E-state index contributed by atoms with van der Waals surface area (Å²) in [4.78, 5) is 32.3. The van der Waals surface area contributed by atoms with E-state index in [1.807, 2.05) is 0 Å². The van der Waals surface area contributed by atoms with E-state index >= 15 is 0 Å². The molecule has 0 aliphatic heterocycles. The maximum absolute atomic E-state index is 12.7. The Balaban J connectivity index is 1.93. The van der Waals surface area contributed by atoms with Gasteiger partial charge in [-0.1, -0.05) is 18.2 Å². The molecule has 0 aliphatic carbocycles.